The van der Waals surface area contributed by atoms with Crippen LogP contribution in [0.1, 0.15) is 68.8 Å². The first-order valence-corrected chi connectivity index (χ1v) is 11.4. The van der Waals surface area contributed by atoms with E-state index in [9.17, 15) is 9.59 Å². The van der Waals surface area contributed by atoms with Gasteiger partial charge in [0.1, 0.15) is 5.60 Å². The van der Waals surface area contributed by atoms with E-state index < -0.39 is 11.0 Å². The predicted octanol–water partition coefficient (Wildman–Crippen LogP) is 3.15. The fraction of sp³-hybridized carbons (Fsp3) is 0.667. The lowest BCUT2D eigenvalue weighted by atomic mass is 9.74. The van der Waals surface area contributed by atoms with Gasteiger partial charge in [-0.25, -0.2) is 4.79 Å². The molecule has 0 radical (unpaired) electrons. The van der Waals surface area contributed by atoms with Crippen molar-refractivity contribution in [1.29, 1.82) is 0 Å². The van der Waals surface area contributed by atoms with Crippen LogP contribution in [0.5, 0.6) is 0 Å². The summed E-state index contributed by atoms with van der Waals surface area (Å²) < 4.78 is 17.1. The van der Waals surface area contributed by atoms with Crippen molar-refractivity contribution in [3.8, 4) is 0 Å². The number of nitrogens with zero attached hydrogens (tertiary/aromatic N) is 1. The van der Waals surface area contributed by atoms with Crippen LogP contribution in [0.15, 0.2) is 18.2 Å². The molecule has 2 saturated heterocycles. The molecule has 1 aromatic carbocycles. The Morgan fingerprint density at radius 2 is 2.03 bits per heavy atom. The highest BCUT2D eigenvalue weighted by atomic mass is 16.7. The van der Waals surface area contributed by atoms with Crippen LogP contribution in [0.25, 0.3) is 0 Å². The van der Waals surface area contributed by atoms with Crippen LogP contribution in [-0.2, 0) is 24.4 Å². The van der Waals surface area contributed by atoms with Crippen LogP contribution in [-0.4, -0.2) is 56.6 Å². The van der Waals surface area contributed by atoms with Crippen molar-refractivity contribution in [2.24, 2.45) is 0 Å². The summed E-state index contributed by atoms with van der Waals surface area (Å²) in [5, 5.41) is 3.35. The molecular weight excluding hydrogens is 396 g/mol. The molecule has 1 N–H and O–H groups in total. The van der Waals surface area contributed by atoms with Gasteiger partial charge in [0.05, 0.1) is 17.6 Å². The second-order valence-corrected chi connectivity index (χ2v) is 9.69. The third-order valence-electron chi connectivity index (χ3n) is 6.31. The molecule has 0 saturated carbocycles. The van der Waals surface area contributed by atoms with Crippen molar-refractivity contribution < 1.29 is 23.8 Å². The molecule has 7 heteroatoms. The molecule has 0 aromatic heterocycles. The maximum Gasteiger partial charge on any atom is 0.338 e. The summed E-state index contributed by atoms with van der Waals surface area (Å²) in [6, 6.07) is 5.52. The van der Waals surface area contributed by atoms with E-state index in [2.05, 4.69) is 5.32 Å². The van der Waals surface area contributed by atoms with Crippen molar-refractivity contribution in [1.82, 2.24) is 5.32 Å². The van der Waals surface area contributed by atoms with Crippen LogP contribution < -0.4 is 10.2 Å². The highest BCUT2D eigenvalue weighted by Gasteiger charge is 2.51. The minimum atomic E-state index is -0.583. The SMILES string of the molecule is CC(C)(C)OC(=O)c1ccc2c(c1)C1(CCNCC1)C(=O)N2CCOC1CCCCO1. The lowest BCUT2D eigenvalue weighted by molar-refractivity contribution is -0.161. The first kappa shape index (κ1) is 22.2. The Hall–Kier alpha value is -1.96. The van der Waals surface area contributed by atoms with Gasteiger partial charge in [0, 0.05) is 18.8 Å². The molecule has 0 bridgehead atoms. The molecule has 31 heavy (non-hydrogen) atoms. The standard InChI is InChI=1S/C24H34N2O5/c1-23(2,3)31-21(27)17-7-8-19-18(16-17)24(9-11-25-12-10-24)22(28)26(19)13-15-30-20-6-4-5-14-29-20/h7-8,16,20,25H,4-6,9-15H2,1-3H3. The average molecular weight is 431 g/mol. The summed E-state index contributed by atoms with van der Waals surface area (Å²) in [5.41, 5.74) is 1.17. The quantitative estimate of drug-likeness (QED) is 0.723. The summed E-state index contributed by atoms with van der Waals surface area (Å²) in [6.07, 6.45) is 4.36. The summed E-state index contributed by atoms with van der Waals surface area (Å²) in [5.74, 6) is -0.249. The largest absolute Gasteiger partial charge is 0.456 e. The third kappa shape index (κ3) is 4.64. The van der Waals surface area contributed by atoms with Crippen molar-refractivity contribution >= 4 is 17.6 Å². The van der Waals surface area contributed by atoms with E-state index in [-0.39, 0.29) is 18.2 Å². The zero-order valence-electron chi connectivity index (χ0n) is 18.9. The predicted molar refractivity (Wildman–Crippen MR) is 117 cm³/mol. The topological polar surface area (TPSA) is 77.1 Å². The van der Waals surface area contributed by atoms with Gasteiger partial charge in [-0.2, -0.15) is 0 Å². The number of carbonyl (C=O) groups excluding carboxylic acids is 2. The third-order valence-corrected chi connectivity index (χ3v) is 6.31. The van der Waals surface area contributed by atoms with Crippen molar-refractivity contribution in [3.63, 3.8) is 0 Å². The molecule has 4 rings (SSSR count). The van der Waals surface area contributed by atoms with Crippen LogP contribution in [0.2, 0.25) is 0 Å². The second kappa shape index (κ2) is 8.88. The van der Waals surface area contributed by atoms with Crippen molar-refractivity contribution in [2.45, 2.75) is 70.2 Å². The van der Waals surface area contributed by atoms with E-state index in [1.165, 1.54) is 0 Å². The Morgan fingerprint density at radius 1 is 1.26 bits per heavy atom. The number of nitrogens with one attached hydrogen (secondary N) is 1. The van der Waals surface area contributed by atoms with E-state index >= 15 is 0 Å². The number of amides is 1. The summed E-state index contributed by atoms with van der Waals surface area (Å²) in [6.45, 7) is 8.77. The minimum absolute atomic E-state index is 0.110. The van der Waals surface area contributed by atoms with Crippen LogP contribution in [0, 0.1) is 0 Å². The van der Waals surface area contributed by atoms with E-state index in [0.717, 1.165) is 63.1 Å². The fourth-order valence-electron chi connectivity index (χ4n) is 4.78. The number of piperidine rings is 1. The average Bonchev–Trinajstić information content (AvgIpc) is 2.96. The Balaban J connectivity index is 1.56. The second-order valence-electron chi connectivity index (χ2n) is 9.69. The Morgan fingerprint density at radius 3 is 2.71 bits per heavy atom. The van der Waals surface area contributed by atoms with Gasteiger partial charge in [-0.05, 0) is 89.7 Å². The minimum Gasteiger partial charge on any atom is -0.456 e. The number of hydrogen-bond donors (Lipinski definition) is 1. The Kier molecular flexibility index (Phi) is 6.37. The molecule has 1 atom stereocenters. The van der Waals surface area contributed by atoms with Crippen molar-refractivity contribution in [3.05, 3.63) is 29.3 Å². The van der Waals surface area contributed by atoms with Gasteiger partial charge in [0.2, 0.25) is 5.91 Å². The molecule has 1 spiro atoms. The molecule has 0 aliphatic carbocycles. The number of fused-ring (bicyclic) bond motifs is 2. The Bertz CT molecular complexity index is 820. The van der Waals surface area contributed by atoms with E-state index in [1.807, 2.05) is 37.8 Å². The molecule has 3 aliphatic rings. The number of ether oxygens (including phenoxy) is 3. The van der Waals surface area contributed by atoms with Gasteiger partial charge in [0.25, 0.3) is 0 Å². The zero-order valence-corrected chi connectivity index (χ0v) is 18.9. The first-order chi connectivity index (χ1) is 14.8. The van der Waals surface area contributed by atoms with Gasteiger partial charge < -0.3 is 24.4 Å². The smallest absolute Gasteiger partial charge is 0.338 e. The maximum absolute atomic E-state index is 13.6. The lowest BCUT2D eigenvalue weighted by Gasteiger charge is -2.33. The number of carbonyl (C=O) groups is 2. The summed E-state index contributed by atoms with van der Waals surface area (Å²) in [4.78, 5) is 28.1. The normalized spacial score (nSPS) is 23.1. The molecule has 1 unspecified atom stereocenters. The summed E-state index contributed by atoms with van der Waals surface area (Å²) in [7, 11) is 0. The lowest BCUT2D eigenvalue weighted by Crippen LogP contribution is -2.48. The van der Waals surface area contributed by atoms with E-state index in [0.29, 0.717) is 18.7 Å². The molecule has 3 aliphatic heterocycles. The Labute approximate surface area is 184 Å². The number of benzene rings is 1. The number of rotatable bonds is 5. The molecule has 3 heterocycles. The van der Waals surface area contributed by atoms with Crippen LogP contribution in [0.4, 0.5) is 5.69 Å². The van der Waals surface area contributed by atoms with Gasteiger partial charge in [-0.15, -0.1) is 0 Å². The highest BCUT2D eigenvalue weighted by molar-refractivity contribution is 6.09. The van der Waals surface area contributed by atoms with Crippen LogP contribution in [0.3, 0.4) is 0 Å². The number of hydrogen-bond acceptors (Lipinski definition) is 6. The molecule has 7 nitrogen and oxygen atoms in total. The molecule has 1 amide bonds. The van der Waals surface area contributed by atoms with Crippen LogP contribution >= 0.6 is 0 Å². The molecular formula is C24H34N2O5. The van der Waals surface area contributed by atoms with Gasteiger partial charge in [-0.3, -0.25) is 4.79 Å². The van der Waals surface area contributed by atoms with Crippen molar-refractivity contribution in [2.75, 3.05) is 37.7 Å². The summed E-state index contributed by atoms with van der Waals surface area (Å²) >= 11 is 0. The molecule has 170 valence electrons. The van der Waals surface area contributed by atoms with Gasteiger partial charge in [-0.1, -0.05) is 0 Å². The first-order valence-electron chi connectivity index (χ1n) is 11.4. The number of esters is 1. The molecule has 1 aromatic rings. The highest BCUT2D eigenvalue weighted by Crippen LogP contribution is 2.47. The molecule has 2 fully saturated rings. The zero-order chi connectivity index (χ0) is 22.1. The van der Waals surface area contributed by atoms with Gasteiger partial charge >= 0.3 is 5.97 Å². The monoisotopic (exact) mass is 430 g/mol. The van der Waals surface area contributed by atoms with E-state index in [1.54, 1.807) is 6.07 Å². The maximum atomic E-state index is 13.6. The fourth-order valence-corrected chi connectivity index (χ4v) is 4.78. The van der Waals surface area contributed by atoms with E-state index in [4.69, 9.17) is 14.2 Å². The number of anilines is 1. The van der Waals surface area contributed by atoms with Gasteiger partial charge in [0.15, 0.2) is 6.29 Å².